The standard InChI is InChI=1S/C23H20N2O5/c1-13-18(29-2)6-5-16-21(13)14(12-25(16)8-4-3-7-24)9-20-23(28)22-17(27)10-15(26)11-19(22)30-20/h5-6,9-12,26-27H,3-4,8H2,1-2H3. The number of ether oxygens (including phenoxy) is 2. The maximum Gasteiger partial charge on any atom is 0.235 e. The third kappa shape index (κ3) is 3.12. The van der Waals surface area contributed by atoms with Gasteiger partial charge in [0, 0.05) is 53.3 Å². The maximum atomic E-state index is 12.8. The molecule has 7 heteroatoms. The van der Waals surface area contributed by atoms with E-state index in [4.69, 9.17) is 14.7 Å². The summed E-state index contributed by atoms with van der Waals surface area (Å²) in [6.07, 6.45) is 4.70. The Labute approximate surface area is 173 Å². The molecule has 1 aromatic heterocycles. The van der Waals surface area contributed by atoms with E-state index in [-0.39, 0.29) is 28.6 Å². The molecule has 7 nitrogen and oxygen atoms in total. The number of methoxy groups -OCH3 is 1. The van der Waals surface area contributed by atoms with E-state index in [1.54, 1.807) is 13.2 Å². The van der Waals surface area contributed by atoms with Crippen molar-refractivity contribution in [1.82, 2.24) is 4.57 Å². The molecule has 1 aliphatic rings. The number of Topliss-reactive ketones (excluding diaryl/α,β-unsaturated/α-hetero) is 1. The fourth-order valence-corrected chi connectivity index (χ4v) is 3.85. The first kappa shape index (κ1) is 19.4. The van der Waals surface area contributed by atoms with Gasteiger partial charge in [-0.3, -0.25) is 4.79 Å². The zero-order valence-corrected chi connectivity index (χ0v) is 16.6. The second-order valence-electron chi connectivity index (χ2n) is 7.10. The molecule has 0 bridgehead atoms. The summed E-state index contributed by atoms with van der Waals surface area (Å²) in [5, 5.41) is 29.5. The number of carbonyl (C=O) groups excluding carboxylic acids is 1. The summed E-state index contributed by atoms with van der Waals surface area (Å²) >= 11 is 0. The summed E-state index contributed by atoms with van der Waals surface area (Å²) in [6.45, 7) is 2.60. The fraction of sp³-hybridized carbons (Fsp3) is 0.217. The van der Waals surface area contributed by atoms with E-state index < -0.39 is 5.78 Å². The lowest BCUT2D eigenvalue weighted by atomic mass is 10.0. The number of aryl methyl sites for hydroxylation is 2. The van der Waals surface area contributed by atoms with Crippen molar-refractivity contribution in [2.24, 2.45) is 0 Å². The van der Waals surface area contributed by atoms with Crippen molar-refractivity contribution in [2.45, 2.75) is 26.3 Å². The molecule has 0 fully saturated rings. The van der Waals surface area contributed by atoms with Gasteiger partial charge in [-0.05, 0) is 31.6 Å². The largest absolute Gasteiger partial charge is 0.508 e. The first-order valence-electron chi connectivity index (χ1n) is 9.48. The Morgan fingerprint density at radius 3 is 2.83 bits per heavy atom. The van der Waals surface area contributed by atoms with Gasteiger partial charge in [0.25, 0.3) is 0 Å². The monoisotopic (exact) mass is 404 g/mol. The minimum Gasteiger partial charge on any atom is -0.508 e. The van der Waals surface area contributed by atoms with E-state index in [0.717, 1.165) is 33.8 Å². The summed E-state index contributed by atoms with van der Waals surface area (Å²) in [5.41, 5.74) is 2.68. The average Bonchev–Trinajstić information content (AvgIpc) is 3.21. The number of aromatic nitrogens is 1. The van der Waals surface area contributed by atoms with Gasteiger partial charge in [0.15, 0.2) is 5.76 Å². The predicted molar refractivity (Wildman–Crippen MR) is 111 cm³/mol. The Hall–Kier alpha value is -3.92. The van der Waals surface area contributed by atoms with Gasteiger partial charge in [-0.1, -0.05) is 0 Å². The molecule has 2 aromatic carbocycles. The molecule has 0 radical (unpaired) electrons. The first-order valence-corrected chi connectivity index (χ1v) is 9.48. The number of nitrogens with zero attached hydrogens (tertiary/aromatic N) is 2. The Balaban J connectivity index is 1.83. The lowest BCUT2D eigenvalue weighted by Crippen LogP contribution is -1.98. The third-order valence-electron chi connectivity index (χ3n) is 5.22. The summed E-state index contributed by atoms with van der Waals surface area (Å²) < 4.78 is 13.1. The summed E-state index contributed by atoms with van der Waals surface area (Å²) in [6, 6.07) is 8.40. The summed E-state index contributed by atoms with van der Waals surface area (Å²) in [5.74, 6) is -0.0555. The molecule has 1 aliphatic heterocycles. The van der Waals surface area contributed by atoms with E-state index in [1.165, 1.54) is 6.07 Å². The van der Waals surface area contributed by atoms with Crippen LogP contribution in [-0.4, -0.2) is 27.7 Å². The van der Waals surface area contributed by atoms with Crippen LogP contribution in [0.1, 0.15) is 34.3 Å². The molecule has 0 unspecified atom stereocenters. The van der Waals surface area contributed by atoms with E-state index in [1.807, 2.05) is 29.8 Å². The van der Waals surface area contributed by atoms with E-state index in [2.05, 4.69) is 6.07 Å². The number of phenols is 2. The van der Waals surface area contributed by atoms with Crippen LogP contribution in [0.3, 0.4) is 0 Å². The zero-order chi connectivity index (χ0) is 21.4. The van der Waals surface area contributed by atoms with Gasteiger partial charge < -0.3 is 24.3 Å². The number of allylic oxidation sites excluding steroid dienone is 1. The molecule has 0 saturated carbocycles. The molecule has 4 rings (SSSR count). The fourth-order valence-electron chi connectivity index (χ4n) is 3.85. The van der Waals surface area contributed by atoms with Gasteiger partial charge in [0.2, 0.25) is 5.78 Å². The number of rotatable bonds is 5. The number of aromatic hydroxyl groups is 2. The minimum atomic E-state index is -0.451. The van der Waals surface area contributed by atoms with Crippen LogP contribution in [0.2, 0.25) is 0 Å². The van der Waals surface area contributed by atoms with Crippen molar-refractivity contribution in [3.8, 4) is 29.1 Å². The number of nitriles is 1. The topological polar surface area (TPSA) is 105 Å². The molecule has 152 valence electrons. The second kappa shape index (κ2) is 7.48. The van der Waals surface area contributed by atoms with Crippen LogP contribution in [-0.2, 0) is 6.54 Å². The number of phenolic OH excluding ortho intramolecular Hbond substituents is 2. The minimum absolute atomic E-state index is 0.0334. The van der Waals surface area contributed by atoms with Gasteiger partial charge in [0.05, 0.1) is 13.2 Å². The van der Waals surface area contributed by atoms with Crippen molar-refractivity contribution < 1.29 is 24.5 Å². The van der Waals surface area contributed by atoms with Crippen LogP contribution in [0.5, 0.6) is 23.0 Å². The van der Waals surface area contributed by atoms with Crippen LogP contribution in [0.25, 0.3) is 17.0 Å². The van der Waals surface area contributed by atoms with Gasteiger partial charge in [0.1, 0.15) is 28.6 Å². The maximum absolute atomic E-state index is 12.8. The molecule has 0 saturated heterocycles. The number of hydrogen-bond acceptors (Lipinski definition) is 6. The van der Waals surface area contributed by atoms with Crippen molar-refractivity contribution in [3.63, 3.8) is 0 Å². The highest BCUT2D eigenvalue weighted by Gasteiger charge is 2.31. The Bertz CT molecular complexity index is 1250. The van der Waals surface area contributed by atoms with Crippen LogP contribution in [0.15, 0.2) is 36.2 Å². The molecule has 2 N–H and O–H groups in total. The van der Waals surface area contributed by atoms with Crippen LogP contribution in [0.4, 0.5) is 0 Å². The highest BCUT2D eigenvalue weighted by atomic mass is 16.5. The van der Waals surface area contributed by atoms with Crippen molar-refractivity contribution >= 4 is 22.8 Å². The highest BCUT2D eigenvalue weighted by Crippen LogP contribution is 2.41. The number of hydrogen-bond donors (Lipinski definition) is 2. The smallest absolute Gasteiger partial charge is 0.235 e. The number of unbranched alkanes of at least 4 members (excludes halogenated alkanes) is 1. The quantitative estimate of drug-likeness (QED) is 0.486. The number of fused-ring (bicyclic) bond motifs is 2. The number of benzene rings is 2. The van der Waals surface area contributed by atoms with E-state index in [0.29, 0.717) is 19.4 Å². The zero-order valence-electron chi connectivity index (χ0n) is 16.6. The molecule has 0 atom stereocenters. The molecule has 2 heterocycles. The molecule has 30 heavy (non-hydrogen) atoms. The molecule has 0 amide bonds. The lowest BCUT2D eigenvalue weighted by Gasteiger charge is -2.08. The average molecular weight is 404 g/mol. The normalized spacial score (nSPS) is 14.0. The van der Waals surface area contributed by atoms with Gasteiger partial charge in [-0.25, -0.2) is 0 Å². The Morgan fingerprint density at radius 2 is 2.10 bits per heavy atom. The van der Waals surface area contributed by atoms with Crippen molar-refractivity contribution in [2.75, 3.05) is 7.11 Å². The third-order valence-corrected chi connectivity index (χ3v) is 5.22. The van der Waals surface area contributed by atoms with Gasteiger partial charge in [-0.15, -0.1) is 0 Å². The first-order chi connectivity index (χ1) is 14.4. The summed E-state index contributed by atoms with van der Waals surface area (Å²) in [4.78, 5) is 12.8. The summed E-state index contributed by atoms with van der Waals surface area (Å²) in [7, 11) is 1.60. The lowest BCUT2D eigenvalue weighted by molar-refractivity contribution is 0.101. The number of ketones is 1. The van der Waals surface area contributed by atoms with E-state index in [9.17, 15) is 15.0 Å². The van der Waals surface area contributed by atoms with Gasteiger partial charge >= 0.3 is 0 Å². The van der Waals surface area contributed by atoms with Crippen molar-refractivity contribution in [1.29, 1.82) is 5.26 Å². The molecular weight excluding hydrogens is 384 g/mol. The van der Waals surface area contributed by atoms with Crippen LogP contribution >= 0.6 is 0 Å². The highest BCUT2D eigenvalue weighted by molar-refractivity contribution is 6.17. The predicted octanol–water partition coefficient (Wildman–Crippen LogP) is 4.29. The van der Waals surface area contributed by atoms with Gasteiger partial charge in [-0.2, -0.15) is 5.26 Å². The molecule has 0 spiro atoms. The Morgan fingerprint density at radius 1 is 1.30 bits per heavy atom. The molecule has 3 aromatic rings. The SMILES string of the molecule is COc1ccc2c(c(C=C3Oc4cc(O)cc(O)c4C3=O)cn2CCCC#N)c1C. The van der Waals surface area contributed by atoms with Crippen LogP contribution < -0.4 is 9.47 Å². The molecule has 0 aliphatic carbocycles. The number of carbonyl (C=O) groups is 1. The van der Waals surface area contributed by atoms with Crippen LogP contribution in [0, 0.1) is 18.3 Å². The Kier molecular flexibility index (Phi) is 4.84. The second-order valence-corrected chi connectivity index (χ2v) is 7.10. The van der Waals surface area contributed by atoms with E-state index >= 15 is 0 Å². The van der Waals surface area contributed by atoms with Crippen molar-refractivity contribution in [3.05, 3.63) is 52.9 Å². The molecular formula is C23H20N2O5.